The minimum absolute atomic E-state index is 0.0804. The Morgan fingerprint density at radius 1 is 1.37 bits per heavy atom. The van der Waals surface area contributed by atoms with E-state index in [0.717, 1.165) is 12.8 Å². The number of rotatable bonds is 2. The summed E-state index contributed by atoms with van der Waals surface area (Å²) in [4.78, 5) is 11.8. The van der Waals surface area contributed by atoms with E-state index < -0.39 is 21.8 Å². The Hall–Kier alpha value is -1.08. The molecule has 6 nitrogen and oxygen atoms in total. The molecule has 0 bridgehead atoms. The molecule has 0 aromatic carbocycles. The average Bonchev–Trinajstić information content (AvgIpc) is 2.30. The number of allylic oxidation sites excluding steroid dienone is 1. The molecular weight excluding hydrogens is 270 g/mol. The Labute approximate surface area is 112 Å². The second-order valence-corrected chi connectivity index (χ2v) is 7.03. The Kier molecular flexibility index (Phi) is 4.15. The third-order valence-corrected chi connectivity index (χ3v) is 5.35. The van der Waals surface area contributed by atoms with E-state index in [9.17, 15) is 18.3 Å². The summed E-state index contributed by atoms with van der Waals surface area (Å²) in [6.07, 6.45) is 2.54. The molecule has 0 radical (unpaired) electrons. The molecule has 1 heterocycles. The normalized spacial score (nSPS) is 30.6. The van der Waals surface area contributed by atoms with Gasteiger partial charge < -0.3 is 15.2 Å². The van der Waals surface area contributed by atoms with Gasteiger partial charge in [-0.05, 0) is 19.8 Å². The van der Waals surface area contributed by atoms with Crippen molar-refractivity contribution in [3.8, 4) is 0 Å². The van der Waals surface area contributed by atoms with Crippen molar-refractivity contribution in [3.05, 3.63) is 10.7 Å². The lowest BCUT2D eigenvalue weighted by Crippen LogP contribution is -2.47. The van der Waals surface area contributed by atoms with E-state index in [1.807, 2.05) is 0 Å². The highest BCUT2D eigenvalue weighted by atomic mass is 32.2. The van der Waals surface area contributed by atoms with E-state index in [-0.39, 0.29) is 29.1 Å². The van der Waals surface area contributed by atoms with Crippen LogP contribution in [0, 0.1) is 0 Å². The largest absolute Gasteiger partial charge is 0.496 e. The van der Waals surface area contributed by atoms with Crippen LogP contribution in [0.4, 0.5) is 0 Å². The first-order chi connectivity index (χ1) is 8.92. The van der Waals surface area contributed by atoms with Gasteiger partial charge in [-0.15, -0.1) is 0 Å². The molecule has 1 saturated carbocycles. The van der Waals surface area contributed by atoms with Gasteiger partial charge in [-0.25, -0.2) is 8.42 Å². The lowest BCUT2D eigenvalue weighted by molar-refractivity contribution is -0.119. The Morgan fingerprint density at radius 2 is 2.05 bits per heavy atom. The van der Waals surface area contributed by atoms with Crippen molar-refractivity contribution >= 4 is 15.7 Å². The van der Waals surface area contributed by atoms with Gasteiger partial charge in [0.2, 0.25) is 0 Å². The van der Waals surface area contributed by atoms with E-state index in [0.29, 0.717) is 12.8 Å². The lowest BCUT2D eigenvalue weighted by Gasteiger charge is -2.29. The smallest absolute Gasteiger partial charge is 0.266 e. The molecule has 0 spiro atoms. The summed E-state index contributed by atoms with van der Waals surface area (Å²) in [6, 6.07) is -0.376. The molecule has 1 fully saturated rings. The van der Waals surface area contributed by atoms with Crippen molar-refractivity contribution in [2.24, 2.45) is 0 Å². The number of carbonyl (C=O) groups excluding carboxylic acids is 1. The third-order valence-electron chi connectivity index (χ3n) is 3.55. The first-order valence-corrected chi connectivity index (χ1v) is 8.12. The van der Waals surface area contributed by atoms with Gasteiger partial charge in [0.1, 0.15) is 12.4 Å². The van der Waals surface area contributed by atoms with Gasteiger partial charge >= 0.3 is 0 Å². The topological polar surface area (TPSA) is 92.7 Å². The highest BCUT2D eigenvalue weighted by Crippen LogP contribution is 2.22. The van der Waals surface area contributed by atoms with Crippen LogP contribution in [0.3, 0.4) is 0 Å². The summed E-state index contributed by atoms with van der Waals surface area (Å²) in [5.74, 6) is -0.711. The van der Waals surface area contributed by atoms with Gasteiger partial charge in [0.15, 0.2) is 14.7 Å². The van der Waals surface area contributed by atoms with Gasteiger partial charge in [0, 0.05) is 0 Å². The van der Waals surface area contributed by atoms with Crippen LogP contribution in [-0.4, -0.2) is 43.9 Å². The summed E-state index contributed by atoms with van der Waals surface area (Å²) < 4.78 is 28.9. The average molecular weight is 289 g/mol. The maximum Gasteiger partial charge on any atom is 0.266 e. The predicted octanol–water partition coefficient (Wildman–Crippen LogP) is 0.0826. The molecule has 2 N–H and O–H groups in total. The summed E-state index contributed by atoms with van der Waals surface area (Å²) in [5.41, 5.74) is 0. The molecule has 1 aliphatic heterocycles. The van der Waals surface area contributed by atoms with Crippen molar-refractivity contribution in [2.75, 3.05) is 12.4 Å². The van der Waals surface area contributed by atoms with Crippen LogP contribution in [-0.2, 0) is 19.4 Å². The minimum atomic E-state index is -3.58. The Balaban J connectivity index is 2.15. The van der Waals surface area contributed by atoms with Crippen LogP contribution in [0.5, 0.6) is 0 Å². The van der Waals surface area contributed by atoms with Crippen LogP contribution in [0.1, 0.15) is 32.6 Å². The van der Waals surface area contributed by atoms with Crippen molar-refractivity contribution in [3.63, 3.8) is 0 Å². The number of amides is 1. The van der Waals surface area contributed by atoms with Crippen LogP contribution >= 0.6 is 0 Å². The maximum atomic E-state index is 12.1. The molecule has 108 valence electrons. The van der Waals surface area contributed by atoms with Crippen LogP contribution < -0.4 is 5.32 Å². The second kappa shape index (κ2) is 5.50. The Morgan fingerprint density at radius 3 is 2.68 bits per heavy atom. The fourth-order valence-electron chi connectivity index (χ4n) is 2.51. The molecule has 0 aromatic rings. The standard InChI is InChI=1S/C12H19NO5S/c1-8-11(19(16,17)7-6-18-8)12(15)13-9-4-2-3-5-10(9)14/h9-10,14H,2-7H2,1H3,(H,13,15). The highest BCUT2D eigenvalue weighted by Gasteiger charge is 2.34. The molecule has 0 saturated heterocycles. The first-order valence-electron chi connectivity index (χ1n) is 6.47. The van der Waals surface area contributed by atoms with E-state index in [4.69, 9.17) is 4.74 Å². The van der Waals surface area contributed by atoms with Crippen molar-refractivity contribution < 1.29 is 23.1 Å². The summed E-state index contributed by atoms with van der Waals surface area (Å²) >= 11 is 0. The van der Waals surface area contributed by atoms with Crippen LogP contribution in [0.15, 0.2) is 10.7 Å². The molecular formula is C12H19NO5S. The summed E-state index contributed by atoms with van der Waals surface area (Å²) in [7, 11) is -3.58. The monoisotopic (exact) mass is 289 g/mol. The number of aliphatic hydroxyl groups excluding tert-OH is 1. The molecule has 19 heavy (non-hydrogen) atoms. The third kappa shape index (κ3) is 3.09. The molecule has 2 aliphatic rings. The summed E-state index contributed by atoms with van der Waals surface area (Å²) in [5, 5.41) is 12.4. The van der Waals surface area contributed by atoms with Crippen LogP contribution in [0.2, 0.25) is 0 Å². The van der Waals surface area contributed by atoms with Gasteiger partial charge in [0.05, 0.1) is 17.9 Å². The number of ether oxygens (including phenoxy) is 1. The lowest BCUT2D eigenvalue weighted by atomic mass is 9.92. The van der Waals surface area contributed by atoms with Crippen LogP contribution in [0.25, 0.3) is 0 Å². The minimum Gasteiger partial charge on any atom is -0.496 e. The highest BCUT2D eigenvalue weighted by molar-refractivity contribution is 7.96. The van der Waals surface area contributed by atoms with Gasteiger partial charge in [-0.2, -0.15) is 0 Å². The van der Waals surface area contributed by atoms with Crippen molar-refractivity contribution in [1.29, 1.82) is 0 Å². The SMILES string of the molecule is CC1=C(C(=O)NC2CCCCC2O)S(=O)(=O)CCO1. The number of hydrogen-bond acceptors (Lipinski definition) is 5. The summed E-state index contributed by atoms with van der Waals surface area (Å²) in [6.45, 7) is 1.56. The fourth-order valence-corrected chi connectivity index (χ4v) is 3.85. The number of sulfone groups is 1. The number of hydrogen-bond donors (Lipinski definition) is 2. The number of nitrogens with one attached hydrogen (secondary N) is 1. The quantitative estimate of drug-likeness (QED) is 0.751. The van der Waals surface area contributed by atoms with Gasteiger partial charge in [-0.3, -0.25) is 4.79 Å². The van der Waals surface area contributed by atoms with Crippen molar-refractivity contribution in [1.82, 2.24) is 5.32 Å². The Bertz CT molecular complexity index is 496. The molecule has 7 heteroatoms. The van der Waals surface area contributed by atoms with E-state index >= 15 is 0 Å². The maximum absolute atomic E-state index is 12.1. The molecule has 2 unspecified atom stereocenters. The molecule has 2 atom stereocenters. The zero-order valence-corrected chi connectivity index (χ0v) is 11.7. The number of carbonyl (C=O) groups is 1. The molecule has 0 aromatic heterocycles. The van der Waals surface area contributed by atoms with Gasteiger partial charge in [-0.1, -0.05) is 12.8 Å². The van der Waals surface area contributed by atoms with E-state index in [1.54, 1.807) is 0 Å². The molecule has 2 rings (SSSR count). The first kappa shape index (κ1) is 14.3. The zero-order chi connectivity index (χ0) is 14.0. The van der Waals surface area contributed by atoms with Crippen molar-refractivity contribution in [2.45, 2.75) is 44.8 Å². The molecule has 1 amide bonds. The fraction of sp³-hybridized carbons (Fsp3) is 0.750. The number of aliphatic hydroxyl groups is 1. The zero-order valence-electron chi connectivity index (χ0n) is 10.9. The predicted molar refractivity (Wildman–Crippen MR) is 68.8 cm³/mol. The van der Waals surface area contributed by atoms with E-state index in [1.165, 1.54) is 6.92 Å². The molecule has 1 aliphatic carbocycles. The van der Waals surface area contributed by atoms with E-state index in [2.05, 4.69) is 5.32 Å². The second-order valence-electron chi connectivity index (χ2n) is 4.98. The van der Waals surface area contributed by atoms with Gasteiger partial charge in [0.25, 0.3) is 5.91 Å².